The molecule has 1 aromatic rings. The Balaban J connectivity index is 2.43. The fourth-order valence-corrected chi connectivity index (χ4v) is 1.11. The molecule has 14 heavy (non-hydrogen) atoms. The van der Waals surface area contributed by atoms with Gasteiger partial charge >= 0.3 is 0 Å². The van der Waals surface area contributed by atoms with E-state index >= 15 is 0 Å². The van der Waals surface area contributed by atoms with Gasteiger partial charge in [-0.1, -0.05) is 0 Å². The van der Waals surface area contributed by atoms with E-state index in [1.807, 2.05) is 24.3 Å². The van der Waals surface area contributed by atoms with E-state index in [2.05, 4.69) is 5.32 Å². The standard InChI is InChI=1S/C10H14ClNO2/c1-14-10-4-2-8(3-5-10)12-7-9(13)6-11/h2-5,9,12-13H,6-7H2,1H3/t9-/m1/s1. The van der Waals surface area contributed by atoms with Crippen molar-refractivity contribution >= 4 is 17.3 Å². The van der Waals surface area contributed by atoms with E-state index in [0.717, 1.165) is 11.4 Å². The van der Waals surface area contributed by atoms with Crippen LogP contribution in [0, 0.1) is 0 Å². The maximum atomic E-state index is 9.20. The zero-order valence-electron chi connectivity index (χ0n) is 8.03. The van der Waals surface area contributed by atoms with Gasteiger partial charge in [-0.25, -0.2) is 0 Å². The Morgan fingerprint density at radius 3 is 2.57 bits per heavy atom. The SMILES string of the molecule is COc1ccc(NC[C@H](O)CCl)cc1. The summed E-state index contributed by atoms with van der Waals surface area (Å²) in [5.74, 6) is 1.05. The Bertz CT molecular complexity index is 263. The Hall–Kier alpha value is -0.930. The van der Waals surface area contributed by atoms with Gasteiger partial charge in [0.05, 0.1) is 19.1 Å². The molecule has 0 aromatic heterocycles. The molecule has 0 bridgehead atoms. The van der Waals surface area contributed by atoms with Gasteiger partial charge in [0.15, 0.2) is 0 Å². The Labute approximate surface area is 88.7 Å². The van der Waals surface area contributed by atoms with Crippen LogP contribution in [-0.2, 0) is 0 Å². The molecular weight excluding hydrogens is 202 g/mol. The van der Waals surface area contributed by atoms with E-state index in [9.17, 15) is 5.11 Å². The highest BCUT2D eigenvalue weighted by Crippen LogP contribution is 2.14. The number of halogens is 1. The van der Waals surface area contributed by atoms with Crippen molar-refractivity contribution < 1.29 is 9.84 Å². The first-order valence-corrected chi connectivity index (χ1v) is 4.91. The number of hydrogen-bond acceptors (Lipinski definition) is 3. The molecule has 2 N–H and O–H groups in total. The molecule has 0 aliphatic heterocycles. The molecule has 78 valence electrons. The van der Waals surface area contributed by atoms with Gasteiger partial charge in [0.1, 0.15) is 5.75 Å². The number of methoxy groups -OCH3 is 1. The third-order valence-electron chi connectivity index (χ3n) is 1.81. The van der Waals surface area contributed by atoms with Crippen molar-refractivity contribution in [3.05, 3.63) is 24.3 Å². The van der Waals surface area contributed by atoms with Gasteiger partial charge in [0.2, 0.25) is 0 Å². The molecule has 0 saturated carbocycles. The first-order valence-electron chi connectivity index (χ1n) is 4.38. The van der Waals surface area contributed by atoms with Crippen LogP contribution in [0.2, 0.25) is 0 Å². The monoisotopic (exact) mass is 215 g/mol. The molecule has 1 aromatic carbocycles. The fourth-order valence-electron chi connectivity index (χ4n) is 0.999. The van der Waals surface area contributed by atoms with Crippen molar-refractivity contribution in [2.45, 2.75) is 6.10 Å². The van der Waals surface area contributed by atoms with Gasteiger partial charge in [-0.05, 0) is 24.3 Å². The van der Waals surface area contributed by atoms with Crippen molar-refractivity contribution in [1.29, 1.82) is 0 Å². The second-order valence-electron chi connectivity index (χ2n) is 2.92. The first-order chi connectivity index (χ1) is 6.76. The zero-order valence-corrected chi connectivity index (χ0v) is 8.79. The summed E-state index contributed by atoms with van der Waals surface area (Å²) in [7, 11) is 1.62. The Morgan fingerprint density at radius 2 is 2.07 bits per heavy atom. The van der Waals surface area contributed by atoms with Crippen LogP contribution in [0.5, 0.6) is 5.75 Å². The van der Waals surface area contributed by atoms with E-state index in [-0.39, 0.29) is 5.88 Å². The maximum absolute atomic E-state index is 9.20. The van der Waals surface area contributed by atoms with E-state index in [1.54, 1.807) is 7.11 Å². The summed E-state index contributed by atoms with van der Waals surface area (Å²) >= 11 is 5.46. The molecule has 0 fully saturated rings. The quantitative estimate of drug-likeness (QED) is 0.735. The van der Waals surface area contributed by atoms with Crippen LogP contribution >= 0.6 is 11.6 Å². The molecule has 0 radical (unpaired) electrons. The lowest BCUT2D eigenvalue weighted by atomic mass is 10.3. The van der Waals surface area contributed by atoms with Crippen LogP contribution < -0.4 is 10.1 Å². The van der Waals surface area contributed by atoms with E-state index in [4.69, 9.17) is 16.3 Å². The summed E-state index contributed by atoms with van der Waals surface area (Å²) in [4.78, 5) is 0. The van der Waals surface area contributed by atoms with Gasteiger partial charge in [-0.15, -0.1) is 11.6 Å². The minimum atomic E-state index is -0.515. The summed E-state index contributed by atoms with van der Waals surface area (Å²) in [5.41, 5.74) is 0.940. The highest BCUT2D eigenvalue weighted by molar-refractivity contribution is 6.18. The Morgan fingerprint density at radius 1 is 1.43 bits per heavy atom. The smallest absolute Gasteiger partial charge is 0.119 e. The summed E-state index contributed by atoms with van der Waals surface area (Å²) in [6.07, 6.45) is -0.515. The number of hydrogen-bond donors (Lipinski definition) is 2. The van der Waals surface area contributed by atoms with Crippen LogP contribution in [0.15, 0.2) is 24.3 Å². The average molecular weight is 216 g/mol. The van der Waals surface area contributed by atoms with Crippen LogP contribution in [0.1, 0.15) is 0 Å². The highest BCUT2D eigenvalue weighted by atomic mass is 35.5. The van der Waals surface area contributed by atoms with Crippen molar-refractivity contribution in [3.8, 4) is 5.75 Å². The lowest BCUT2D eigenvalue weighted by molar-refractivity contribution is 0.211. The molecule has 0 aliphatic carbocycles. The lowest BCUT2D eigenvalue weighted by Gasteiger charge is -2.10. The number of alkyl halides is 1. The van der Waals surface area contributed by atoms with Crippen molar-refractivity contribution in [2.75, 3.05) is 24.9 Å². The number of nitrogens with one attached hydrogen (secondary N) is 1. The predicted octanol–water partition coefficient (Wildman–Crippen LogP) is 1.71. The summed E-state index contributed by atoms with van der Waals surface area (Å²) in [6, 6.07) is 7.49. The third kappa shape index (κ3) is 3.44. The van der Waals surface area contributed by atoms with E-state index in [0.29, 0.717) is 6.54 Å². The van der Waals surface area contributed by atoms with Gasteiger partial charge in [-0.2, -0.15) is 0 Å². The molecule has 1 rings (SSSR count). The molecule has 0 saturated heterocycles. The molecule has 0 amide bonds. The van der Waals surface area contributed by atoms with Crippen LogP contribution in [0.3, 0.4) is 0 Å². The summed E-state index contributed by atoms with van der Waals surface area (Å²) in [6.45, 7) is 0.454. The van der Waals surface area contributed by atoms with Crippen molar-refractivity contribution in [3.63, 3.8) is 0 Å². The van der Waals surface area contributed by atoms with E-state index < -0.39 is 6.10 Å². The maximum Gasteiger partial charge on any atom is 0.119 e. The molecule has 0 spiro atoms. The normalized spacial score (nSPS) is 12.2. The lowest BCUT2D eigenvalue weighted by Crippen LogP contribution is -2.20. The number of rotatable bonds is 5. The van der Waals surface area contributed by atoms with Gasteiger partial charge in [-0.3, -0.25) is 0 Å². The minimum absolute atomic E-state index is 0.239. The molecule has 4 heteroatoms. The minimum Gasteiger partial charge on any atom is -0.497 e. The van der Waals surface area contributed by atoms with Crippen LogP contribution in [-0.4, -0.2) is 30.7 Å². The van der Waals surface area contributed by atoms with E-state index in [1.165, 1.54) is 0 Å². The average Bonchev–Trinajstić information content (AvgIpc) is 2.26. The molecular formula is C10H14ClNO2. The number of benzene rings is 1. The predicted molar refractivity (Wildman–Crippen MR) is 58.2 cm³/mol. The number of anilines is 1. The summed E-state index contributed by atoms with van der Waals surface area (Å²) in [5, 5.41) is 12.3. The molecule has 0 aliphatic rings. The summed E-state index contributed by atoms with van der Waals surface area (Å²) < 4.78 is 5.02. The molecule has 3 nitrogen and oxygen atoms in total. The largest absolute Gasteiger partial charge is 0.497 e. The van der Waals surface area contributed by atoms with Gasteiger partial charge < -0.3 is 15.2 Å². The second-order valence-corrected chi connectivity index (χ2v) is 3.23. The first kappa shape index (κ1) is 11.1. The van der Waals surface area contributed by atoms with Crippen molar-refractivity contribution in [1.82, 2.24) is 0 Å². The fraction of sp³-hybridized carbons (Fsp3) is 0.400. The molecule has 0 unspecified atom stereocenters. The van der Waals surface area contributed by atoms with Crippen molar-refractivity contribution in [2.24, 2.45) is 0 Å². The molecule has 1 atom stereocenters. The number of ether oxygens (including phenoxy) is 1. The van der Waals surface area contributed by atoms with Crippen LogP contribution in [0.4, 0.5) is 5.69 Å². The highest BCUT2D eigenvalue weighted by Gasteiger charge is 2.00. The van der Waals surface area contributed by atoms with Gasteiger partial charge in [0.25, 0.3) is 0 Å². The second kappa shape index (κ2) is 5.73. The molecule has 0 heterocycles. The van der Waals surface area contributed by atoms with Crippen LogP contribution in [0.25, 0.3) is 0 Å². The zero-order chi connectivity index (χ0) is 10.4. The topological polar surface area (TPSA) is 41.5 Å². The number of aliphatic hydroxyl groups is 1. The van der Waals surface area contributed by atoms with Gasteiger partial charge in [0, 0.05) is 12.2 Å². The number of aliphatic hydroxyl groups excluding tert-OH is 1. The Kier molecular flexibility index (Phi) is 4.56. The third-order valence-corrected chi connectivity index (χ3v) is 2.17.